The first-order chi connectivity index (χ1) is 14.4. The lowest BCUT2D eigenvalue weighted by molar-refractivity contribution is 0.0868. The van der Waals surface area contributed by atoms with Crippen LogP contribution in [0.2, 0.25) is 0 Å². The van der Waals surface area contributed by atoms with E-state index in [1.165, 1.54) is 5.56 Å². The van der Waals surface area contributed by atoms with Gasteiger partial charge in [0.2, 0.25) is 0 Å². The van der Waals surface area contributed by atoms with Crippen LogP contribution in [0.4, 0.5) is 0 Å². The maximum Gasteiger partial charge on any atom is 0.270 e. The number of aliphatic hydroxyl groups excluding tert-OH is 1. The molecule has 2 aromatic heterocycles. The summed E-state index contributed by atoms with van der Waals surface area (Å²) in [4.78, 5) is 16.9. The van der Waals surface area contributed by atoms with Crippen LogP contribution in [-0.2, 0) is 13.5 Å². The highest BCUT2D eigenvalue weighted by atomic mass is 16.3. The lowest BCUT2D eigenvalue weighted by Crippen LogP contribution is -2.40. The molecule has 0 spiro atoms. The lowest BCUT2D eigenvalue weighted by atomic mass is 9.98. The van der Waals surface area contributed by atoms with E-state index < -0.39 is 6.10 Å². The molecule has 2 N–H and O–H groups in total. The molecule has 1 amide bonds. The standard InChI is InChI=1S/C24H28N4O2/c1-15-13-25-22(24(30)26-21-5-4-6-23(21)29)12-19(15)11-17-7-9-18(10-8-17)20-14-28(3)27-16(20)2/h7-10,12-14,21,23,29H,4-6,11H2,1-3H3,(H,26,30)/t21-,23-/m0/s1. The van der Waals surface area contributed by atoms with Gasteiger partial charge in [0, 0.05) is 25.0 Å². The molecule has 0 aliphatic heterocycles. The SMILES string of the molecule is Cc1cnc(C(=O)N[C@H]2CCC[C@@H]2O)cc1Cc1ccc(-c2cn(C)nc2C)cc1. The Morgan fingerprint density at radius 2 is 2.00 bits per heavy atom. The molecular formula is C24H28N4O2. The number of aryl methyl sites for hydroxylation is 3. The Morgan fingerprint density at radius 3 is 2.63 bits per heavy atom. The molecule has 30 heavy (non-hydrogen) atoms. The molecule has 1 aliphatic carbocycles. The van der Waals surface area contributed by atoms with E-state index >= 15 is 0 Å². The fraction of sp³-hybridized carbons (Fsp3) is 0.375. The van der Waals surface area contributed by atoms with E-state index in [4.69, 9.17) is 0 Å². The van der Waals surface area contributed by atoms with Crippen LogP contribution in [0.1, 0.15) is 52.1 Å². The maximum atomic E-state index is 12.6. The smallest absolute Gasteiger partial charge is 0.270 e. The average Bonchev–Trinajstić information content (AvgIpc) is 3.28. The van der Waals surface area contributed by atoms with Crippen LogP contribution in [0.3, 0.4) is 0 Å². The van der Waals surface area contributed by atoms with Crippen LogP contribution < -0.4 is 5.32 Å². The Labute approximate surface area is 177 Å². The summed E-state index contributed by atoms with van der Waals surface area (Å²) in [6, 6.07) is 10.2. The van der Waals surface area contributed by atoms with Gasteiger partial charge in [-0.25, -0.2) is 0 Å². The minimum Gasteiger partial charge on any atom is -0.391 e. The highest BCUT2D eigenvalue weighted by molar-refractivity contribution is 5.92. The van der Waals surface area contributed by atoms with Crippen molar-refractivity contribution in [1.29, 1.82) is 0 Å². The van der Waals surface area contributed by atoms with E-state index in [0.29, 0.717) is 5.69 Å². The van der Waals surface area contributed by atoms with Gasteiger partial charge < -0.3 is 10.4 Å². The largest absolute Gasteiger partial charge is 0.391 e. The number of aromatic nitrogens is 3. The first kappa shape index (κ1) is 20.3. The predicted octanol–water partition coefficient (Wildman–Crippen LogP) is 3.33. The van der Waals surface area contributed by atoms with E-state index in [1.54, 1.807) is 6.20 Å². The van der Waals surface area contributed by atoms with Gasteiger partial charge in [-0.1, -0.05) is 24.3 Å². The van der Waals surface area contributed by atoms with E-state index in [9.17, 15) is 9.90 Å². The third-order valence-corrected chi connectivity index (χ3v) is 5.92. The molecular weight excluding hydrogens is 376 g/mol. The quantitative estimate of drug-likeness (QED) is 0.684. The summed E-state index contributed by atoms with van der Waals surface area (Å²) < 4.78 is 1.83. The Balaban J connectivity index is 1.49. The van der Waals surface area contributed by atoms with Crippen LogP contribution in [0.25, 0.3) is 11.1 Å². The number of aliphatic hydroxyl groups is 1. The zero-order valence-electron chi connectivity index (χ0n) is 17.7. The zero-order chi connectivity index (χ0) is 21.3. The van der Waals surface area contributed by atoms with Gasteiger partial charge in [0.15, 0.2) is 0 Å². The van der Waals surface area contributed by atoms with Crippen molar-refractivity contribution >= 4 is 5.91 Å². The van der Waals surface area contributed by atoms with Gasteiger partial charge >= 0.3 is 0 Å². The Hall–Kier alpha value is -2.99. The number of rotatable bonds is 5. The molecule has 0 saturated heterocycles. The molecule has 2 atom stereocenters. The summed E-state index contributed by atoms with van der Waals surface area (Å²) in [5.74, 6) is -0.218. The minimum atomic E-state index is -0.458. The molecule has 6 nitrogen and oxygen atoms in total. The van der Waals surface area contributed by atoms with Crippen molar-refractivity contribution in [2.24, 2.45) is 7.05 Å². The number of hydrogen-bond acceptors (Lipinski definition) is 4. The maximum absolute atomic E-state index is 12.6. The summed E-state index contributed by atoms with van der Waals surface area (Å²) in [5.41, 5.74) is 7.00. The van der Waals surface area contributed by atoms with Crippen molar-refractivity contribution < 1.29 is 9.90 Å². The fourth-order valence-electron chi connectivity index (χ4n) is 4.14. The van der Waals surface area contributed by atoms with Crippen LogP contribution >= 0.6 is 0 Å². The van der Waals surface area contributed by atoms with Gasteiger partial charge in [0.1, 0.15) is 5.69 Å². The third kappa shape index (κ3) is 4.28. The summed E-state index contributed by atoms with van der Waals surface area (Å²) >= 11 is 0. The van der Waals surface area contributed by atoms with E-state index in [1.807, 2.05) is 37.8 Å². The van der Waals surface area contributed by atoms with Gasteiger partial charge in [-0.15, -0.1) is 0 Å². The fourth-order valence-corrected chi connectivity index (χ4v) is 4.14. The molecule has 1 saturated carbocycles. The Bertz CT molecular complexity index is 1060. The summed E-state index contributed by atoms with van der Waals surface area (Å²) in [6.07, 6.45) is 6.55. The van der Waals surface area contributed by atoms with Gasteiger partial charge in [-0.3, -0.25) is 14.5 Å². The van der Waals surface area contributed by atoms with Crippen LogP contribution in [-0.4, -0.2) is 37.9 Å². The number of carbonyl (C=O) groups excluding carboxylic acids is 1. The van der Waals surface area contributed by atoms with Crippen LogP contribution in [0.15, 0.2) is 42.7 Å². The van der Waals surface area contributed by atoms with Crippen molar-refractivity contribution in [2.75, 3.05) is 0 Å². The zero-order valence-corrected chi connectivity index (χ0v) is 17.7. The van der Waals surface area contributed by atoms with Gasteiger partial charge in [0.05, 0.1) is 17.8 Å². The van der Waals surface area contributed by atoms with Gasteiger partial charge in [-0.05, 0) is 67.9 Å². The second kappa shape index (κ2) is 8.40. The third-order valence-electron chi connectivity index (χ3n) is 5.92. The van der Waals surface area contributed by atoms with Crippen molar-refractivity contribution in [3.63, 3.8) is 0 Å². The highest BCUT2D eigenvalue weighted by Gasteiger charge is 2.27. The number of carbonyl (C=O) groups is 1. The van der Waals surface area contributed by atoms with Crippen LogP contribution in [0.5, 0.6) is 0 Å². The first-order valence-corrected chi connectivity index (χ1v) is 10.4. The first-order valence-electron chi connectivity index (χ1n) is 10.4. The average molecular weight is 405 g/mol. The van der Waals surface area contributed by atoms with Crippen molar-refractivity contribution in [2.45, 2.75) is 51.7 Å². The molecule has 6 heteroatoms. The number of amides is 1. The Morgan fingerprint density at radius 1 is 1.23 bits per heavy atom. The molecule has 1 aromatic carbocycles. The number of nitrogens with zero attached hydrogens (tertiary/aromatic N) is 3. The number of hydrogen-bond donors (Lipinski definition) is 2. The summed E-state index contributed by atoms with van der Waals surface area (Å²) in [6.45, 7) is 4.03. The molecule has 156 valence electrons. The molecule has 1 fully saturated rings. The van der Waals surface area contributed by atoms with E-state index in [2.05, 4.69) is 39.7 Å². The topological polar surface area (TPSA) is 80.0 Å². The second-order valence-corrected chi connectivity index (χ2v) is 8.25. The van der Waals surface area contributed by atoms with Crippen LogP contribution in [0, 0.1) is 13.8 Å². The molecule has 0 radical (unpaired) electrons. The molecule has 2 heterocycles. The van der Waals surface area contributed by atoms with Crippen molar-refractivity contribution in [3.05, 3.63) is 70.8 Å². The van der Waals surface area contributed by atoms with Gasteiger partial charge in [0.25, 0.3) is 5.91 Å². The minimum absolute atomic E-state index is 0.174. The van der Waals surface area contributed by atoms with E-state index in [-0.39, 0.29) is 11.9 Å². The Kier molecular flexibility index (Phi) is 5.68. The van der Waals surface area contributed by atoms with Crippen molar-refractivity contribution in [1.82, 2.24) is 20.1 Å². The lowest BCUT2D eigenvalue weighted by Gasteiger charge is -2.16. The summed E-state index contributed by atoms with van der Waals surface area (Å²) in [7, 11) is 1.93. The number of benzene rings is 1. The predicted molar refractivity (Wildman–Crippen MR) is 116 cm³/mol. The van der Waals surface area contributed by atoms with E-state index in [0.717, 1.165) is 53.6 Å². The highest BCUT2D eigenvalue weighted by Crippen LogP contribution is 2.24. The molecule has 0 unspecified atom stereocenters. The number of pyridine rings is 1. The summed E-state index contributed by atoms with van der Waals surface area (Å²) in [5, 5.41) is 17.3. The molecule has 3 aromatic rings. The molecule has 4 rings (SSSR count). The number of nitrogens with one attached hydrogen (secondary N) is 1. The van der Waals surface area contributed by atoms with Gasteiger partial charge in [-0.2, -0.15) is 5.10 Å². The monoisotopic (exact) mass is 404 g/mol. The normalized spacial score (nSPS) is 18.5. The molecule has 0 bridgehead atoms. The molecule has 1 aliphatic rings. The second-order valence-electron chi connectivity index (χ2n) is 8.25. The van der Waals surface area contributed by atoms with Crippen molar-refractivity contribution in [3.8, 4) is 11.1 Å².